The maximum absolute atomic E-state index is 12.5. The molecule has 110 valence electrons. The van der Waals surface area contributed by atoms with Gasteiger partial charge in [-0.05, 0) is 34.3 Å². The summed E-state index contributed by atoms with van der Waals surface area (Å²) in [6.07, 6.45) is 5.43. The molecular weight excluding hydrogens is 367 g/mol. The summed E-state index contributed by atoms with van der Waals surface area (Å²) in [5, 5.41) is 0. The average Bonchev–Trinajstić information content (AvgIpc) is 2.93. The van der Waals surface area contributed by atoms with E-state index in [0.717, 1.165) is 30.4 Å². The molecule has 3 aliphatic rings. The van der Waals surface area contributed by atoms with Gasteiger partial charge in [-0.1, -0.05) is 35.6 Å². The highest BCUT2D eigenvalue weighted by atomic mass is 127. The van der Waals surface area contributed by atoms with Crippen LogP contribution in [0.1, 0.15) is 39.5 Å². The first-order valence-corrected chi connectivity index (χ1v) is 8.54. The molecular formula is C16H21IO3. The number of carbonyl (C=O) groups excluding carboxylic acids is 1. The molecule has 1 spiro atoms. The normalized spacial score (nSPS) is 38.8. The molecule has 2 aliphatic carbocycles. The van der Waals surface area contributed by atoms with Crippen molar-refractivity contribution in [3.63, 3.8) is 0 Å². The summed E-state index contributed by atoms with van der Waals surface area (Å²) >= 11 is 2.21. The Morgan fingerprint density at radius 2 is 2.05 bits per heavy atom. The van der Waals surface area contributed by atoms with Gasteiger partial charge >= 0.3 is 0 Å². The smallest absolute Gasteiger partial charge is 0.168 e. The van der Waals surface area contributed by atoms with Crippen LogP contribution in [-0.4, -0.2) is 24.8 Å². The van der Waals surface area contributed by atoms with Gasteiger partial charge in [0.1, 0.15) is 0 Å². The molecule has 0 radical (unpaired) electrons. The lowest BCUT2D eigenvalue weighted by Gasteiger charge is -2.44. The van der Waals surface area contributed by atoms with Crippen LogP contribution in [0.2, 0.25) is 0 Å². The minimum atomic E-state index is -0.396. The first-order chi connectivity index (χ1) is 9.51. The molecule has 0 aromatic heterocycles. The van der Waals surface area contributed by atoms with Crippen molar-refractivity contribution < 1.29 is 14.3 Å². The number of carbonyl (C=O) groups is 1. The third-order valence-corrected chi connectivity index (χ3v) is 5.65. The Hall–Kier alpha value is -0.200. The maximum Gasteiger partial charge on any atom is 0.168 e. The largest absolute Gasteiger partial charge is 0.348 e. The zero-order valence-corrected chi connectivity index (χ0v) is 14.2. The van der Waals surface area contributed by atoms with E-state index < -0.39 is 5.79 Å². The number of rotatable bonds is 1. The summed E-state index contributed by atoms with van der Waals surface area (Å²) in [5.74, 6) is 0.279. The third kappa shape index (κ3) is 2.20. The Labute approximate surface area is 133 Å². The Kier molecular flexibility index (Phi) is 3.84. The number of ether oxygens (including phenoxy) is 2. The predicted molar refractivity (Wildman–Crippen MR) is 85.6 cm³/mol. The van der Waals surface area contributed by atoms with Crippen molar-refractivity contribution in [2.45, 2.75) is 45.3 Å². The highest BCUT2D eigenvalue weighted by Gasteiger charge is 2.56. The van der Waals surface area contributed by atoms with Crippen LogP contribution in [-0.2, 0) is 14.3 Å². The minimum Gasteiger partial charge on any atom is -0.348 e. The van der Waals surface area contributed by atoms with Crippen molar-refractivity contribution in [3.05, 3.63) is 21.3 Å². The number of halogens is 1. The fourth-order valence-corrected chi connectivity index (χ4v) is 4.77. The topological polar surface area (TPSA) is 35.5 Å². The standard InChI is InChI=1S/C16H21IO3/c1-11(3-6-17)14-13(18)9-12-10-16(19-7-8-20-16)5-4-15(12,14)2/h3,6,12H,4-5,7-10H2,1-2H3/b6-3+,14-11-/t12-,15-/m0/s1. The zero-order chi connectivity index (χ0) is 14.4. The summed E-state index contributed by atoms with van der Waals surface area (Å²) < 4.78 is 13.7. The van der Waals surface area contributed by atoms with Gasteiger partial charge in [-0.25, -0.2) is 0 Å². The second-order valence-corrected chi connectivity index (χ2v) is 7.12. The van der Waals surface area contributed by atoms with E-state index in [2.05, 4.69) is 36.4 Å². The van der Waals surface area contributed by atoms with Crippen molar-refractivity contribution in [2.24, 2.45) is 11.3 Å². The van der Waals surface area contributed by atoms with E-state index >= 15 is 0 Å². The van der Waals surface area contributed by atoms with Gasteiger partial charge in [0.2, 0.25) is 0 Å². The van der Waals surface area contributed by atoms with Crippen LogP contribution in [0, 0.1) is 11.3 Å². The van der Waals surface area contributed by atoms with Crippen molar-refractivity contribution in [2.75, 3.05) is 13.2 Å². The van der Waals surface area contributed by atoms with Crippen molar-refractivity contribution in [1.29, 1.82) is 0 Å². The van der Waals surface area contributed by atoms with Crippen LogP contribution in [0.25, 0.3) is 0 Å². The molecule has 1 saturated heterocycles. The summed E-state index contributed by atoms with van der Waals surface area (Å²) in [4.78, 5) is 12.5. The van der Waals surface area contributed by atoms with Crippen molar-refractivity contribution >= 4 is 28.4 Å². The molecule has 1 heterocycles. The van der Waals surface area contributed by atoms with Gasteiger partial charge in [0.25, 0.3) is 0 Å². The molecule has 0 aromatic rings. The van der Waals surface area contributed by atoms with Crippen LogP contribution in [0.3, 0.4) is 0 Å². The van der Waals surface area contributed by atoms with Crippen LogP contribution in [0.4, 0.5) is 0 Å². The van der Waals surface area contributed by atoms with Crippen LogP contribution in [0.5, 0.6) is 0 Å². The third-order valence-electron chi connectivity index (χ3n) is 5.29. The molecule has 0 unspecified atom stereocenters. The lowest BCUT2D eigenvalue weighted by atomic mass is 9.65. The van der Waals surface area contributed by atoms with E-state index in [-0.39, 0.29) is 5.41 Å². The molecule has 2 saturated carbocycles. The number of fused-ring (bicyclic) bond motifs is 1. The summed E-state index contributed by atoms with van der Waals surface area (Å²) in [6, 6.07) is 0. The Morgan fingerprint density at radius 1 is 1.35 bits per heavy atom. The Balaban J connectivity index is 1.93. The first kappa shape index (κ1) is 14.7. The van der Waals surface area contributed by atoms with Gasteiger partial charge < -0.3 is 9.47 Å². The second-order valence-electron chi connectivity index (χ2n) is 6.40. The van der Waals surface area contributed by atoms with Crippen LogP contribution < -0.4 is 0 Å². The van der Waals surface area contributed by atoms with Crippen LogP contribution >= 0.6 is 22.6 Å². The molecule has 1 aliphatic heterocycles. The molecule has 0 bridgehead atoms. The fraction of sp³-hybridized carbons (Fsp3) is 0.688. The number of Topliss-reactive ketones (excluding diaryl/α,β-unsaturated/α-hetero) is 1. The van der Waals surface area contributed by atoms with E-state index in [1.807, 2.05) is 10.2 Å². The highest BCUT2D eigenvalue weighted by molar-refractivity contribution is 14.1. The number of ketones is 1. The van der Waals surface area contributed by atoms with E-state index in [1.165, 1.54) is 0 Å². The second kappa shape index (κ2) is 5.21. The SMILES string of the molecule is CC(/C=C/I)=C1\C(=O)C[C@H]2CC3(CC[C@]12C)OCCO3. The molecule has 20 heavy (non-hydrogen) atoms. The van der Waals surface area contributed by atoms with Crippen molar-refractivity contribution in [3.8, 4) is 0 Å². The molecule has 0 aromatic carbocycles. The summed E-state index contributed by atoms with van der Waals surface area (Å²) in [6.45, 7) is 5.70. The monoisotopic (exact) mass is 388 g/mol. The van der Waals surface area contributed by atoms with Gasteiger partial charge in [-0.2, -0.15) is 0 Å². The van der Waals surface area contributed by atoms with Gasteiger partial charge in [0.15, 0.2) is 11.6 Å². The highest BCUT2D eigenvalue weighted by Crippen LogP contribution is 2.58. The minimum absolute atomic E-state index is 0.00211. The maximum atomic E-state index is 12.5. The lowest BCUT2D eigenvalue weighted by Crippen LogP contribution is -2.43. The van der Waals surface area contributed by atoms with Crippen molar-refractivity contribution in [1.82, 2.24) is 0 Å². The lowest BCUT2D eigenvalue weighted by molar-refractivity contribution is -0.199. The first-order valence-electron chi connectivity index (χ1n) is 7.30. The molecule has 3 nitrogen and oxygen atoms in total. The summed E-state index contributed by atoms with van der Waals surface area (Å²) in [5.41, 5.74) is 2.17. The predicted octanol–water partition coefficient (Wildman–Crippen LogP) is 3.77. The van der Waals surface area contributed by atoms with Gasteiger partial charge in [0.05, 0.1) is 13.2 Å². The molecule has 0 N–H and O–H groups in total. The average molecular weight is 388 g/mol. The zero-order valence-electron chi connectivity index (χ0n) is 12.1. The molecule has 3 rings (SSSR count). The van der Waals surface area contributed by atoms with Gasteiger partial charge in [-0.3, -0.25) is 4.79 Å². The van der Waals surface area contributed by atoms with Crippen LogP contribution in [0.15, 0.2) is 21.3 Å². The summed E-state index contributed by atoms with van der Waals surface area (Å²) in [7, 11) is 0. The van der Waals surface area contributed by atoms with Gasteiger partial charge in [0, 0.05) is 24.8 Å². The Morgan fingerprint density at radius 3 is 2.70 bits per heavy atom. The number of allylic oxidation sites excluding steroid dienone is 3. The molecule has 4 heteroatoms. The van der Waals surface area contributed by atoms with E-state index in [1.54, 1.807) is 0 Å². The molecule has 3 fully saturated rings. The molecule has 2 atom stereocenters. The van der Waals surface area contributed by atoms with Gasteiger partial charge in [-0.15, -0.1) is 0 Å². The quantitative estimate of drug-likeness (QED) is 0.507. The van der Waals surface area contributed by atoms with E-state index in [0.29, 0.717) is 31.3 Å². The van der Waals surface area contributed by atoms with E-state index in [9.17, 15) is 4.79 Å². The number of hydrogen-bond acceptors (Lipinski definition) is 3. The number of hydrogen-bond donors (Lipinski definition) is 0. The fourth-order valence-electron chi connectivity index (χ4n) is 4.24. The molecule has 0 amide bonds. The van der Waals surface area contributed by atoms with E-state index in [4.69, 9.17) is 9.47 Å². The Bertz CT molecular complexity index is 488.